The summed E-state index contributed by atoms with van der Waals surface area (Å²) in [6.45, 7) is 1.36. The van der Waals surface area contributed by atoms with Gasteiger partial charge in [-0.3, -0.25) is 19.4 Å². The average molecular weight is 428 g/mol. The van der Waals surface area contributed by atoms with E-state index in [0.717, 1.165) is 52.5 Å². The van der Waals surface area contributed by atoms with Crippen molar-refractivity contribution in [2.45, 2.75) is 18.9 Å². The number of aryl methyl sites for hydroxylation is 1. The molecule has 4 heterocycles. The van der Waals surface area contributed by atoms with Gasteiger partial charge in [0.25, 0.3) is 5.91 Å². The van der Waals surface area contributed by atoms with E-state index in [2.05, 4.69) is 39.3 Å². The molecule has 1 amide bonds. The third-order valence-electron chi connectivity index (χ3n) is 6.09. The summed E-state index contributed by atoms with van der Waals surface area (Å²) >= 11 is 0. The lowest BCUT2D eigenvalue weighted by molar-refractivity contribution is 0.0269. The molecule has 1 aliphatic heterocycles. The molecule has 0 aliphatic carbocycles. The lowest BCUT2D eigenvalue weighted by atomic mass is 9.99. The van der Waals surface area contributed by atoms with Crippen LogP contribution in [0.5, 0.6) is 0 Å². The number of aromatic nitrogens is 4. The van der Waals surface area contributed by atoms with Crippen LogP contribution in [-0.4, -0.2) is 56.9 Å². The fraction of sp³-hybridized carbons (Fsp3) is 0.280. The number of carbonyl (C=O) groups is 1. The van der Waals surface area contributed by atoms with E-state index >= 15 is 0 Å². The quantitative estimate of drug-likeness (QED) is 0.493. The van der Waals surface area contributed by atoms with E-state index in [-0.39, 0.29) is 12.0 Å². The van der Waals surface area contributed by atoms with Gasteiger partial charge in [0, 0.05) is 62.4 Å². The number of hydrogen-bond acceptors (Lipinski definition) is 5. The zero-order chi connectivity index (χ0) is 22.1. The normalized spacial score (nSPS) is 16.4. The molecule has 7 nitrogen and oxygen atoms in total. The van der Waals surface area contributed by atoms with Gasteiger partial charge in [0.15, 0.2) is 0 Å². The number of carbonyl (C=O) groups excluding carboxylic acids is 1. The number of likely N-dealkylation sites (tertiary alicyclic amines) is 1. The first-order chi connectivity index (χ1) is 15.6. The maximum Gasteiger partial charge on any atom is 0.255 e. The number of methoxy groups -OCH3 is 1. The van der Waals surface area contributed by atoms with Crippen LogP contribution in [-0.2, 0) is 11.8 Å². The van der Waals surface area contributed by atoms with Crippen LogP contribution in [0.1, 0.15) is 23.2 Å². The number of amides is 1. The molecule has 0 spiro atoms. The molecular formula is C25H25N5O2. The molecule has 1 fully saturated rings. The highest BCUT2D eigenvalue weighted by molar-refractivity contribution is 6.01. The Labute approximate surface area is 186 Å². The monoisotopic (exact) mass is 427 g/mol. The van der Waals surface area contributed by atoms with E-state index < -0.39 is 0 Å². The number of ether oxygens (including phenoxy) is 1. The Morgan fingerprint density at radius 2 is 1.88 bits per heavy atom. The maximum atomic E-state index is 13.2. The van der Waals surface area contributed by atoms with Gasteiger partial charge in [-0.25, -0.2) is 0 Å². The zero-order valence-corrected chi connectivity index (χ0v) is 18.2. The molecule has 1 atom stereocenters. The minimum absolute atomic E-state index is 0.00385. The summed E-state index contributed by atoms with van der Waals surface area (Å²) in [4.78, 5) is 23.9. The van der Waals surface area contributed by atoms with Crippen molar-refractivity contribution >= 4 is 16.8 Å². The molecule has 0 radical (unpaired) electrons. The van der Waals surface area contributed by atoms with Crippen LogP contribution in [0, 0.1) is 0 Å². The van der Waals surface area contributed by atoms with Crippen LogP contribution in [0.15, 0.2) is 61.3 Å². The number of nitrogens with zero attached hydrogens (tertiary/aromatic N) is 5. The predicted octanol–water partition coefficient (Wildman–Crippen LogP) is 3.95. The lowest BCUT2D eigenvalue weighted by Gasteiger charge is -2.32. The van der Waals surface area contributed by atoms with Crippen LogP contribution in [0.2, 0.25) is 0 Å². The minimum Gasteiger partial charge on any atom is -0.380 e. The van der Waals surface area contributed by atoms with E-state index in [1.54, 1.807) is 24.2 Å². The highest BCUT2D eigenvalue weighted by Gasteiger charge is 2.25. The van der Waals surface area contributed by atoms with Crippen LogP contribution in [0.3, 0.4) is 0 Å². The first kappa shape index (κ1) is 20.3. The van der Waals surface area contributed by atoms with Crippen LogP contribution in [0.25, 0.3) is 33.2 Å². The molecule has 3 aromatic heterocycles. The van der Waals surface area contributed by atoms with Crippen molar-refractivity contribution in [3.05, 3.63) is 66.9 Å². The van der Waals surface area contributed by atoms with Crippen molar-refractivity contribution in [3.63, 3.8) is 0 Å². The Morgan fingerprint density at radius 1 is 1.06 bits per heavy atom. The summed E-state index contributed by atoms with van der Waals surface area (Å²) in [5.74, 6) is -0.00385. The van der Waals surface area contributed by atoms with Crippen molar-refractivity contribution in [2.24, 2.45) is 7.05 Å². The highest BCUT2D eigenvalue weighted by Crippen LogP contribution is 2.30. The van der Waals surface area contributed by atoms with Crippen molar-refractivity contribution in [2.75, 3.05) is 20.2 Å². The standard InChI is InChI=1S/C25H25N5O2/c1-29-15-20(12-28-29)17-5-7-18(8-6-17)23-13-26-14-24-22(23)10-19(11-27-24)25(31)30-9-3-4-21(16-30)32-2/h5-8,10-15,21H,3-4,9,16H2,1-2H3. The number of rotatable bonds is 4. The van der Waals surface area contributed by atoms with Gasteiger partial charge in [0.2, 0.25) is 0 Å². The van der Waals surface area contributed by atoms with Crippen LogP contribution < -0.4 is 0 Å². The third kappa shape index (κ3) is 3.87. The van der Waals surface area contributed by atoms with Gasteiger partial charge < -0.3 is 9.64 Å². The molecule has 1 aromatic carbocycles. The first-order valence-electron chi connectivity index (χ1n) is 10.8. The van der Waals surface area contributed by atoms with Gasteiger partial charge in [0.1, 0.15) is 0 Å². The molecule has 4 aromatic rings. The molecule has 5 rings (SSSR count). The van der Waals surface area contributed by atoms with Gasteiger partial charge in [0.05, 0.1) is 29.6 Å². The molecule has 32 heavy (non-hydrogen) atoms. The third-order valence-corrected chi connectivity index (χ3v) is 6.09. The minimum atomic E-state index is -0.00385. The summed E-state index contributed by atoms with van der Waals surface area (Å²) in [6.07, 6.45) is 11.1. The Morgan fingerprint density at radius 3 is 2.62 bits per heavy atom. The van der Waals surface area contributed by atoms with E-state index in [9.17, 15) is 4.79 Å². The summed E-state index contributed by atoms with van der Waals surface area (Å²) in [7, 11) is 3.61. The topological polar surface area (TPSA) is 73.1 Å². The summed E-state index contributed by atoms with van der Waals surface area (Å²) < 4.78 is 7.27. The van der Waals surface area contributed by atoms with E-state index in [4.69, 9.17) is 4.74 Å². The van der Waals surface area contributed by atoms with Crippen LogP contribution >= 0.6 is 0 Å². The molecule has 7 heteroatoms. The first-order valence-corrected chi connectivity index (χ1v) is 10.8. The fourth-order valence-electron chi connectivity index (χ4n) is 4.30. The molecular weight excluding hydrogens is 402 g/mol. The number of fused-ring (bicyclic) bond motifs is 1. The van der Waals surface area contributed by atoms with Gasteiger partial charge in [-0.2, -0.15) is 5.10 Å². The SMILES string of the molecule is COC1CCCN(C(=O)c2cnc3cncc(-c4ccc(-c5cnn(C)c5)cc4)c3c2)C1. The molecule has 0 N–H and O–H groups in total. The van der Waals surface area contributed by atoms with Crippen molar-refractivity contribution in [1.29, 1.82) is 0 Å². The average Bonchev–Trinajstić information content (AvgIpc) is 3.29. The molecule has 1 unspecified atom stereocenters. The number of pyridine rings is 2. The van der Waals surface area contributed by atoms with Gasteiger partial charge in [-0.1, -0.05) is 24.3 Å². The second kappa shape index (κ2) is 8.51. The van der Waals surface area contributed by atoms with E-state index in [1.807, 2.05) is 36.6 Å². The number of piperidine rings is 1. The zero-order valence-electron chi connectivity index (χ0n) is 18.2. The Kier molecular flexibility index (Phi) is 5.41. The Balaban J connectivity index is 1.48. The second-order valence-corrected chi connectivity index (χ2v) is 8.21. The second-order valence-electron chi connectivity index (χ2n) is 8.21. The predicted molar refractivity (Wildman–Crippen MR) is 123 cm³/mol. The maximum absolute atomic E-state index is 13.2. The van der Waals surface area contributed by atoms with Gasteiger partial charge in [-0.05, 0) is 30.0 Å². The lowest BCUT2D eigenvalue weighted by Crippen LogP contribution is -2.42. The van der Waals surface area contributed by atoms with Gasteiger partial charge in [-0.15, -0.1) is 0 Å². The Bertz CT molecular complexity index is 1270. The molecule has 0 saturated carbocycles. The fourth-order valence-corrected chi connectivity index (χ4v) is 4.30. The van der Waals surface area contributed by atoms with E-state index in [0.29, 0.717) is 12.1 Å². The number of hydrogen-bond donors (Lipinski definition) is 0. The summed E-state index contributed by atoms with van der Waals surface area (Å²) in [5, 5.41) is 5.16. The smallest absolute Gasteiger partial charge is 0.255 e. The highest BCUT2D eigenvalue weighted by atomic mass is 16.5. The molecule has 1 saturated heterocycles. The largest absolute Gasteiger partial charge is 0.380 e. The van der Waals surface area contributed by atoms with Crippen molar-refractivity contribution < 1.29 is 9.53 Å². The van der Waals surface area contributed by atoms with Crippen molar-refractivity contribution in [1.82, 2.24) is 24.6 Å². The summed E-state index contributed by atoms with van der Waals surface area (Å²) in [5.41, 5.74) is 5.51. The van der Waals surface area contributed by atoms with E-state index in [1.165, 1.54) is 0 Å². The molecule has 0 bridgehead atoms. The summed E-state index contributed by atoms with van der Waals surface area (Å²) in [6, 6.07) is 10.2. The van der Waals surface area contributed by atoms with Crippen molar-refractivity contribution in [3.8, 4) is 22.3 Å². The van der Waals surface area contributed by atoms with Crippen LogP contribution in [0.4, 0.5) is 0 Å². The Hall–Kier alpha value is -3.58. The molecule has 162 valence electrons. The number of benzene rings is 1. The molecule has 1 aliphatic rings. The van der Waals surface area contributed by atoms with Gasteiger partial charge >= 0.3 is 0 Å².